The molecule has 0 aromatic heterocycles. The minimum atomic E-state index is -0.763. The summed E-state index contributed by atoms with van der Waals surface area (Å²) in [5.74, 6) is 1.69. The van der Waals surface area contributed by atoms with E-state index in [2.05, 4.69) is 41.5 Å². The molecular weight excluding hydrogens is 781 g/mol. The number of esters is 3. The molecule has 6 nitrogen and oxygen atoms in total. The molecule has 6 heteroatoms. The van der Waals surface area contributed by atoms with Crippen LogP contribution in [-0.4, -0.2) is 37.2 Å². The molecule has 0 saturated carbocycles. The van der Waals surface area contributed by atoms with Gasteiger partial charge in [0.1, 0.15) is 13.2 Å². The van der Waals surface area contributed by atoms with Crippen molar-refractivity contribution in [3.05, 3.63) is 0 Å². The zero-order valence-electron chi connectivity index (χ0n) is 43.4. The maximum Gasteiger partial charge on any atom is 0.306 e. The lowest BCUT2D eigenvalue weighted by Gasteiger charge is -2.18. The average molecular weight is 892 g/mol. The molecule has 0 rings (SSSR count). The number of hydrogen-bond donors (Lipinski definition) is 0. The van der Waals surface area contributed by atoms with Crippen molar-refractivity contribution >= 4 is 17.9 Å². The van der Waals surface area contributed by atoms with Crippen LogP contribution in [0.5, 0.6) is 0 Å². The maximum atomic E-state index is 12.8. The van der Waals surface area contributed by atoms with Crippen molar-refractivity contribution in [2.24, 2.45) is 17.8 Å². The highest BCUT2D eigenvalue weighted by atomic mass is 16.6. The van der Waals surface area contributed by atoms with Gasteiger partial charge in [-0.25, -0.2) is 0 Å². The van der Waals surface area contributed by atoms with E-state index < -0.39 is 6.10 Å². The molecule has 0 amide bonds. The van der Waals surface area contributed by atoms with Gasteiger partial charge in [0.25, 0.3) is 0 Å². The molecule has 0 N–H and O–H groups in total. The van der Waals surface area contributed by atoms with Crippen LogP contribution in [0.2, 0.25) is 0 Å². The lowest BCUT2D eigenvalue weighted by molar-refractivity contribution is -0.167. The number of unbranched alkanes of at least 4 members (excludes halogenated alkanes) is 32. The number of carbonyl (C=O) groups excluding carboxylic acids is 3. The molecule has 1 unspecified atom stereocenters. The molecule has 0 aromatic rings. The van der Waals surface area contributed by atoms with E-state index >= 15 is 0 Å². The molecule has 0 saturated heterocycles. The van der Waals surface area contributed by atoms with Gasteiger partial charge in [0, 0.05) is 19.3 Å². The Kier molecular flexibility index (Phi) is 47.1. The van der Waals surface area contributed by atoms with E-state index in [1.165, 1.54) is 193 Å². The van der Waals surface area contributed by atoms with Crippen molar-refractivity contribution in [1.29, 1.82) is 0 Å². The summed E-state index contributed by atoms with van der Waals surface area (Å²) in [4.78, 5) is 38.1. The molecule has 0 aliphatic heterocycles. The fraction of sp³-hybridized carbons (Fsp3) is 0.947. The molecule has 0 bridgehead atoms. The molecule has 2 atom stereocenters. The normalized spacial score (nSPS) is 12.6. The highest BCUT2D eigenvalue weighted by Crippen LogP contribution is 2.19. The van der Waals surface area contributed by atoms with E-state index in [-0.39, 0.29) is 31.1 Å². The first-order valence-corrected chi connectivity index (χ1v) is 28.1. The fourth-order valence-electron chi connectivity index (χ4n) is 8.61. The van der Waals surface area contributed by atoms with Crippen molar-refractivity contribution in [2.45, 2.75) is 317 Å². The van der Waals surface area contributed by atoms with Crippen LogP contribution in [0.1, 0.15) is 311 Å². The van der Waals surface area contributed by atoms with Gasteiger partial charge in [-0.15, -0.1) is 0 Å². The predicted octanol–water partition coefficient (Wildman–Crippen LogP) is 18.3. The Morgan fingerprint density at radius 2 is 0.556 bits per heavy atom. The third kappa shape index (κ3) is 49.7. The summed E-state index contributed by atoms with van der Waals surface area (Å²) < 4.78 is 16.9. The molecule has 0 aliphatic rings. The zero-order valence-corrected chi connectivity index (χ0v) is 43.4. The molecule has 0 fully saturated rings. The Labute approximate surface area is 393 Å². The van der Waals surface area contributed by atoms with E-state index in [9.17, 15) is 14.4 Å². The van der Waals surface area contributed by atoms with Crippen molar-refractivity contribution in [3.63, 3.8) is 0 Å². The third-order valence-electron chi connectivity index (χ3n) is 13.3. The summed E-state index contributed by atoms with van der Waals surface area (Å²) in [5.41, 5.74) is 0. The minimum Gasteiger partial charge on any atom is -0.462 e. The van der Waals surface area contributed by atoms with Crippen LogP contribution in [-0.2, 0) is 28.6 Å². The summed E-state index contributed by atoms with van der Waals surface area (Å²) in [6.07, 6.45) is 49.4. The van der Waals surface area contributed by atoms with Gasteiger partial charge in [0.05, 0.1) is 0 Å². The SMILES string of the molecule is CCC(C)CCCCCCCCCCCCCCCCC(=O)O[C@H](COC(=O)CCCCCCCCCCCCCC(C)C)COC(=O)CCCCCCCCCCCCC(C)C. The molecular formula is C57H110O6. The van der Waals surface area contributed by atoms with E-state index in [0.717, 1.165) is 75.5 Å². The van der Waals surface area contributed by atoms with Crippen molar-refractivity contribution in [2.75, 3.05) is 13.2 Å². The summed E-state index contributed by atoms with van der Waals surface area (Å²) >= 11 is 0. The topological polar surface area (TPSA) is 78.9 Å². The number of rotatable bonds is 50. The highest BCUT2D eigenvalue weighted by Gasteiger charge is 2.19. The molecule has 0 radical (unpaired) electrons. The van der Waals surface area contributed by atoms with Crippen molar-refractivity contribution in [3.8, 4) is 0 Å². The van der Waals surface area contributed by atoms with Gasteiger partial charge in [0.2, 0.25) is 0 Å². The first kappa shape index (κ1) is 61.4. The molecule has 0 heterocycles. The summed E-state index contributed by atoms with van der Waals surface area (Å²) in [6, 6.07) is 0. The lowest BCUT2D eigenvalue weighted by Crippen LogP contribution is -2.30. The van der Waals surface area contributed by atoms with Crippen molar-refractivity contribution < 1.29 is 28.6 Å². The van der Waals surface area contributed by atoms with Crippen molar-refractivity contribution in [1.82, 2.24) is 0 Å². The van der Waals surface area contributed by atoms with Crippen LogP contribution < -0.4 is 0 Å². The highest BCUT2D eigenvalue weighted by molar-refractivity contribution is 5.71. The molecule has 374 valence electrons. The van der Waals surface area contributed by atoms with Crippen LogP contribution >= 0.6 is 0 Å². The van der Waals surface area contributed by atoms with Gasteiger partial charge in [-0.3, -0.25) is 14.4 Å². The Hall–Kier alpha value is -1.59. The van der Waals surface area contributed by atoms with Gasteiger partial charge in [-0.2, -0.15) is 0 Å². The van der Waals surface area contributed by atoms with Crippen LogP contribution in [0.3, 0.4) is 0 Å². The average Bonchev–Trinajstić information content (AvgIpc) is 3.25. The second-order valence-electron chi connectivity index (χ2n) is 20.8. The van der Waals surface area contributed by atoms with Gasteiger partial charge in [-0.1, -0.05) is 273 Å². The van der Waals surface area contributed by atoms with Gasteiger partial charge in [-0.05, 0) is 37.0 Å². The standard InChI is InChI=1S/C57H110O6/c1-7-53(6)45-39-33-27-21-14-10-8-9-11-15-24-30-36-42-48-57(60)63-54(50-62-56(59)47-41-35-29-23-18-17-20-26-32-38-44-52(4)5)49-61-55(58)46-40-34-28-22-16-12-13-19-25-31-37-43-51(2)3/h51-54H,7-50H2,1-6H3/t53?,54-/m1/s1. The Balaban J connectivity index is 4.31. The quantitative estimate of drug-likeness (QED) is 0.0344. The van der Waals surface area contributed by atoms with Gasteiger partial charge < -0.3 is 14.2 Å². The van der Waals surface area contributed by atoms with Crippen LogP contribution in [0, 0.1) is 17.8 Å². The van der Waals surface area contributed by atoms with E-state index in [1.807, 2.05) is 0 Å². The van der Waals surface area contributed by atoms with E-state index in [4.69, 9.17) is 14.2 Å². The number of hydrogen-bond acceptors (Lipinski definition) is 6. The summed E-state index contributed by atoms with van der Waals surface area (Å²) in [7, 11) is 0. The predicted molar refractivity (Wildman–Crippen MR) is 270 cm³/mol. The minimum absolute atomic E-state index is 0.0641. The summed E-state index contributed by atoms with van der Waals surface area (Å²) in [6.45, 7) is 13.8. The molecule has 0 aromatic carbocycles. The first-order chi connectivity index (χ1) is 30.6. The zero-order chi connectivity index (χ0) is 46.3. The summed E-state index contributed by atoms with van der Waals surface area (Å²) in [5, 5.41) is 0. The second kappa shape index (κ2) is 48.3. The Bertz CT molecular complexity index is 978. The van der Waals surface area contributed by atoms with Crippen LogP contribution in [0.15, 0.2) is 0 Å². The van der Waals surface area contributed by atoms with Gasteiger partial charge in [0.15, 0.2) is 6.10 Å². The molecule has 63 heavy (non-hydrogen) atoms. The molecule has 0 aliphatic carbocycles. The Morgan fingerprint density at radius 1 is 0.317 bits per heavy atom. The van der Waals surface area contributed by atoms with Crippen LogP contribution in [0.4, 0.5) is 0 Å². The first-order valence-electron chi connectivity index (χ1n) is 28.1. The Morgan fingerprint density at radius 3 is 0.825 bits per heavy atom. The number of carbonyl (C=O) groups is 3. The molecule has 0 spiro atoms. The monoisotopic (exact) mass is 891 g/mol. The fourth-order valence-corrected chi connectivity index (χ4v) is 8.61. The van der Waals surface area contributed by atoms with Gasteiger partial charge >= 0.3 is 17.9 Å². The second-order valence-corrected chi connectivity index (χ2v) is 20.8. The van der Waals surface area contributed by atoms with E-state index in [0.29, 0.717) is 19.3 Å². The third-order valence-corrected chi connectivity index (χ3v) is 13.3. The largest absolute Gasteiger partial charge is 0.462 e. The smallest absolute Gasteiger partial charge is 0.306 e. The van der Waals surface area contributed by atoms with E-state index in [1.54, 1.807) is 0 Å². The maximum absolute atomic E-state index is 12.8. The van der Waals surface area contributed by atoms with Crippen LogP contribution in [0.25, 0.3) is 0 Å². The number of ether oxygens (including phenoxy) is 3. The lowest BCUT2D eigenvalue weighted by atomic mass is 9.99.